The van der Waals surface area contributed by atoms with Gasteiger partial charge in [0.15, 0.2) is 0 Å². The van der Waals surface area contributed by atoms with Crippen LogP contribution in [-0.2, 0) is 13.2 Å². The van der Waals surface area contributed by atoms with E-state index >= 15 is 0 Å². The molecule has 20 heavy (non-hydrogen) atoms. The third-order valence-corrected chi connectivity index (χ3v) is 3.36. The first-order valence-corrected chi connectivity index (χ1v) is 5.96. The van der Waals surface area contributed by atoms with Gasteiger partial charge in [-0.05, 0) is 17.6 Å². The summed E-state index contributed by atoms with van der Waals surface area (Å²) in [4.78, 5) is 21.2. The molecule has 0 saturated heterocycles. The van der Waals surface area contributed by atoms with Gasteiger partial charge in [-0.15, -0.1) is 0 Å². The van der Waals surface area contributed by atoms with Gasteiger partial charge in [-0.3, -0.25) is 4.79 Å². The molecule has 0 spiro atoms. The molecule has 106 valence electrons. The fraction of sp³-hybridized carbons (Fsp3) is 0.182. The van der Waals surface area contributed by atoms with Crippen LogP contribution in [0.15, 0.2) is 23.1 Å². The Labute approximate surface area is 114 Å². The van der Waals surface area contributed by atoms with Crippen LogP contribution in [0.2, 0.25) is 0 Å². The van der Waals surface area contributed by atoms with Crippen molar-refractivity contribution < 1.29 is 23.1 Å². The van der Waals surface area contributed by atoms with Gasteiger partial charge in [-0.2, -0.15) is 17.5 Å². The normalized spacial score (nSPS) is 11.6. The van der Waals surface area contributed by atoms with Crippen molar-refractivity contribution >= 4 is 17.5 Å². The Kier molecular flexibility index (Phi) is 3.38. The second-order valence-corrected chi connectivity index (χ2v) is 4.68. The highest BCUT2D eigenvalue weighted by molar-refractivity contribution is 7.08. The van der Waals surface area contributed by atoms with E-state index in [-0.39, 0.29) is 17.1 Å². The van der Waals surface area contributed by atoms with Crippen molar-refractivity contribution in [3.8, 4) is 11.3 Å². The quantitative estimate of drug-likeness (QED) is 0.923. The molecule has 2 heterocycles. The summed E-state index contributed by atoms with van der Waals surface area (Å²) in [5, 5.41) is 8.80. The van der Waals surface area contributed by atoms with Gasteiger partial charge in [0.2, 0.25) is 5.56 Å². The van der Waals surface area contributed by atoms with Gasteiger partial charge in [-0.25, -0.2) is 4.79 Å². The van der Waals surface area contributed by atoms with E-state index in [4.69, 9.17) is 5.11 Å². The second-order valence-electron chi connectivity index (χ2n) is 3.91. The SMILES string of the molecule is Cn1cc(-c2nsc(C(=O)O)c2C(F)(F)F)ccc1=O. The number of carboxylic acids is 1. The van der Waals surface area contributed by atoms with Crippen LogP contribution in [0.4, 0.5) is 13.2 Å². The van der Waals surface area contributed by atoms with Crippen LogP contribution in [0.25, 0.3) is 11.3 Å². The Balaban J connectivity index is 2.71. The van der Waals surface area contributed by atoms with E-state index in [0.717, 1.165) is 10.6 Å². The highest BCUT2D eigenvalue weighted by atomic mass is 32.1. The molecule has 0 amide bonds. The Bertz CT molecular complexity index is 733. The van der Waals surface area contributed by atoms with Crippen LogP contribution >= 0.6 is 11.5 Å². The number of pyridine rings is 1. The van der Waals surface area contributed by atoms with Gasteiger partial charge < -0.3 is 9.67 Å². The Morgan fingerprint density at radius 3 is 2.55 bits per heavy atom. The molecular weight excluding hydrogens is 297 g/mol. The molecule has 9 heteroatoms. The molecule has 2 aromatic rings. The lowest BCUT2D eigenvalue weighted by atomic mass is 10.1. The zero-order valence-corrected chi connectivity index (χ0v) is 10.7. The zero-order valence-electron chi connectivity index (χ0n) is 9.93. The van der Waals surface area contributed by atoms with E-state index in [1.54, 1.807) is 0 Å². The number of alkyl halides is 3. The molecule has 0 bridgehead atoms. The van der Waals surface area contributed by atoms with Gasteiger partial charge in [0.25, 0.3) is 0 Å². The van der Waals surface area contributed by atoms with Gasteiger partial charge in [0, 0.05) is 24.9 Å². The first-order chi connectivity index (χ1) is 9.21. The molecule has 2 rings (SSSR count). The van der Waals surface area contributed by atoms with Crippen LogP contribution in [0.1, 0.15) is 15.2 Å². The number of aryl methyl sites for hydroxylation is 1. The first kappa shape index (κ1) is 14.3. The smallest absolute Gasteiger partial charge is 0.420 e. The maximum absolute atomic E-state index is 13.0. The molecule has 5 nitrogen and oxygen atoms in total. The lowest BCUT2D eigenvalue weighted by molar-refractivity contribution is -0.137. The third kappa shape index (κ3) is 2.44. The van der Waals surface area contributed by atoms with Crippen LogP contribution in [0, 0.1) is 0 Å². The number of hydrogen-bond acceptors (Lipinski definition) is 4. The van der Waals surface area contributed by atoms with Crippen molar-refractivity contribution in [3.63, 3.8) is 0 Å². The summed E-state index contributed by atoms with van der Waals surface area (Å²) >= 11 is 0.259. The van der Waals surface area contributed by atoms with Crippen molar-refractivity contribution in [2.24, 2.45) is 7.05 Å². The number of aromatic nitrogens is 2. The summed E-state index contributed by atoms with van der Waals surface area (Å²) in [5.41, 5.74) is -2.15. The number of carbonyl (C=O) groups is 1. The predicted molar refractivity (Wildman–Crippen MR) is 64.8 cm³/mol. The van der Waals surface area contributed by atoms with Gasteiger partial charge in [0.1, 0.15) is 10.4 Å². The molecule has 0 unspecified atom stereocenters. The van der Waals surface area contributed by atoms with Crippen molar-refractivity contribution in [1.29, 1.82) is 0 Å². The van der Waals surface area contributed by atoms with Crippen LogP contribution in [-0.4, -0.2) is 20.0 Å². The minimum Gasteiger partial charge on any atom is -0.477 e. The Morgan fingerprint density at radius 1 is 1.40 bits per heavy atom. The van der Waals surface area contributed by atoms with Crippen LogP contribution in [0.3, 0.4) is 0 Å². The van der Waals surface area contributed by atoms with E-state index in [2.05, 4.69) is 4.37 Å². The van der Waals surface area contributed by atoms with E-state index in [1.165, 1.54) is 19.3 Å². The van der Waals surface area contributed by atoms with E-state index in [9.17, 15) is 22.8 Å². The Hall–Kier alpha value is -2.16. The van der Waals surface area contributed by atoms with Gasteiger partial charge >= 0.3 is 12.1 Å². The lowest BCUT2D eigenvalue weighted by Gasteiger charge is -2.09. The molecule has 0 aliphatic rings. The minimum absolute atomic E-state index is 0.0307. The lowest BCUT2D eigenvalue weighted by Crippen LogP contribution is -2.15. The molecular formula is C11H7F3N2O3S. The summed E-state index contributed by atoms with van der Waals surface area (Å²) in [6.07, 6.45) is -3.66. The maximum atomic E-state index is 13.0. The van der Waals surface area contributed by atoms with E-state index in [1.807, 2.05) is 0 Å². The summed E-state index contributed by atoms with van der Waals surface area (Å²) in [6.45, 7) is 0. The standard InChI is InChI=1S/C11H7F3N2O3S/c1-16-4-5(2-3-6(16)17)8-7(11(12,13)14)9(10(18)19)20-15-8/h2-4H,1H3,(H,18,19). The predicted octanol–water partition coefficient (Wildman–Crippen LogP) is 2.23. The van der Waals surface area contributed by atoms with Crippen molar-refractivity contribution in [3.05, 3.63) is 39.1 Å². The van der Waals surface area contributed by atoms with E-state index in [0.29, 0.717) is 0 Å². The topological polar surface area (TPSA) is 72.2 Å². The maximum Gasteiger partial charge on any atom is 0.420 e. The number of nitrogens with zero attached hydrogens (tertiary/aromatic N) is 2. The number of hydrogen-bond donors (Lipinski definition) is 1. The summed E-state index contributed by atoms with van der Waals surface area (Å²) in [6, 6.07) is 2.27. The minimum atomic E-state index is -4.84. The molecule has 0 saturated carbocycles. The highest BCUT2D eigenvalue weighted by Gasteiger charge is 2.41. The fourth-order valence-electron chi connectivity index (χ4n) is 1.63. The number of halogens is 3. The molecule has 0 aliphatic heterocycles. The largest absolute Gasteiger partial charge is 0.477 e. The van der Waals surface area contributed by atoms with Crippen molar-refractivity contribution in [2.75, 3.05) is 0 Å². The summed E-state index contributed by atoms with van der Waals surface area (Å²) in [5.74, 6) is -1.69. The summed E-state index contributed by atoms with van der Waals surface area (Å²) in [7, 11) is 1.38. The molecule has 0 fully saturated rings. The van der Waals surface area contributed by atoms with Gasteiger partial charge in [-0.1, -0.05) is 0 Å². The molecule has 0 aromatic carbocycles. The summed E-state index contributed by atoms with van der Waals surface area (Å²) < 4.78 is 43.7. The van der Waals surface area contributed by atoms with Crippen LogP contribution in [0.5, 0.6) is 0 Å². The molecule has 0 aliphatic carbocycles. The van der Waals surface area contributed by atoms with Crippen molar-refractivity contribution in [2.45, 2.75) is 6.18 Å². The molecule has 2 aromatic heterocycles. The number of rotatable bonds is 2. The van der Waals surface area contributed by atoms with Crippen molar-refractivity contribution in [1.82, 2.24) is 8.94 Å². The third-order valence-electron chi connectivity index (χ3n) is 2.53. The second kappa shape index (κ2) is 4.75. The molecule has 0 radical (unpaired) electrons. The average Bonchev–Trinajstić information content (AvgIpc) is 2.77. The first-order valence-electron chi connectivity index (χ1n) is 5.19. The highest BCUT2D eigenvalue weighted by Crippen LogP contribution is 2.40. The average molecular weight is 304 g/mol. The van der Waals surface area contributed by atoms with Crippen LogP contribution < -0.4 is 5.56 Å². The number of aromatic carboxylic acids is 1. The van der Waals surface area contributed by atoms with Gasteiger partial charge in [0.05, 0.1) is 5.69 Å². The monoisotopic (exact) mass is 304 g/mol. The Morgan fingerprint density at radius 2 is 2.05 bits per heavy atom. The van der Waals surface area contributed by atoms with E-state index < -0.39 is 33.8 Å². The molecule has 1 N–H and O–H groups in total. The molecule has 0 atom stereocenters. The zero-order chi connectivity index (χ0) is 15.1. The fourth-order valence-corrected chi connectivity index (χ4v) is 2.39. The number of carboxylic acid groups (broad SMARTS) is 1.